The number of sulfonamides is 1. The molecule has 1 saturated heterocycles. The van der Waals surface area contributed by atoms with Crippen molar-refractivity contribution in [3.8, 4) is 5.75 Å². The van der Waals surface area contributed by atoms with Gasteiger partial charge in [-0.3, -0.25) is 4.79 Å². The Morgan fingerprint density at radius 2 is 2.03 bits per heavy atom. The first-order valence-electron chi connectivity index (χ1n) is 10.3. The van der Waals surface area contributed by atoms with Gasteiger partial charge in [-0.1, -0.05) is 29.0 Å². The van der Waals surface area contributed by atoms with Crippen molar-refractivity contribution < 1.29 is 17.9 Å². The minimum absolute atomic E-state index is 0.168. The van der Waals surface area contributed by atoms with Crippen molar-refractivity contribution in [3.63, 3.8) is 0 Å². The maximum absolute atomic E-state index is 13.0. The van der Waals surface area contributed by atoms with Crippen LogP contribution < -0.4 is 10.1 Å². The van der Waals surface area contributed by atoms with Gasteiger partial charge in [0, 0.05) is 13.1 Å². The fraction of sp³-hybridized carbons (Fsp3) is 0.364. The second-order valence-electron chi connectivity index (χ2n) is 7.59. The van der Waals surface area contributed by atoms with Crippen LogP contribution >= 0.6 is 11.3 Å². The maximum atomic E-state index is 13.0. The van der Waals surface area contributed by atoms with Crippen LogP contribution in [0, 0.1) is 12.8 Å². The van der Waals surface area contributed by atoms with E-state index in [1.807, 2.05) is 32.0 Å². The molecule has 0 aliphatic carbocycles. The number of thiazole rings is 1. The summed E-state index contributed by atoms with van der Waals surface area (Å²) in [7, 11) is -3.62. The molecule has 3 aromatic rings. The summed E-state index contributed by atoms with van der Waals surface area (Å²) < 4.78 is 33.9. The summed E-state index contributed by atoms with van der Waals surface area (Å²) in [5.41, 5.74) is 1.79. The van der Waals surface area contributed by atoms with Gasteiger partial charge in [0.2, 0.25) is 15.9 Å². The van der Waals surface area contributed by atoms with Gasteiger partial charge in [0.25, 0.3) is 0 Å². The number of rotatable bonds is 6. The van der Waals surface area contributed by atoms with E-state index in [0.717, 1.165) is 21.5 Å². The fourth-order valence-electron chi connectivity index (χ4n) is 3.66. The molecule has 1 fully saturated rings. The summed E-state index contributed by atoms with van der Waals surface area (Å²) in [6.45, 7) is 5.01. The van der Waals surface area contributed by atoms with E-state index in [1.54, 1.807) is 24.3 Å². The second-order valence-corrected chi connectivity index (χ2v) is 10.6. The van der Waals surface area contributed by atoms with Crippen LogP contribution in [0.2, 0.25) is 0 Å². The SMILES string of the molecule is CCOc1ccc2nc(NC(=O)C3CCCN(S(=O)(=O)c4ccc(C)cc4)C3)sc2c1. The number of aryl methyl sites for hydroxylation is 1. The van der Waals surface area contributed by atoms with Crippen LogP contribution in [0.25, 0.3) is 10.2 Å². The molecule has 0 radical (unpaired) electrons. The Hall–Kier alpha value is -2.49. The molecule has 0 saturated carbocycles. The monoisotopic (exact) mass is 459 g/mol. The highest BCUT2D eigenvalue weighted by Crippen LogP contribution is 2.30. The quantitative estimate of drug-likeness (QED) is 0.601. The molecule has 4 rings (SSSR count). The first kappa shape index (κ1) is 21.7. The lowest BCUT2D eigenvalue weighted by molar-refractivity contribution is -0.120. The molecule has 9 heteroatoms. The smallest absolute Gasteiger partial charge is 0.243 e. The molecule has 1 N–H and O–H groups in total. The second kappa shape index (κ2) is 8.94. The van der Waals surface area contributed by atoms with Crippen molar-refractivity contribution in [1.82, 2.24) is 9.29 Å². The van der Waals surface area contributed by atoms with E-state index in [9.17, 15) is 13.2 Å². The van der Waals surface area contributed by atoms with Crippen molar-refractivity contribution >= 4 is 42.6 Å². The molecule has 1 amide bonds. The largest absolute Gasteiger partial charge is 0.494 e. The molecular formula is C22H25N3O4S2. The van der Waals surface area contributed by atoms with Gasteiger partial charge in [0.05, 0.1) is 27.6 Å². The van der Waals surface area contributed by atoms with Gasteiger partial charge in [-0.2, -0.15) is 4.31 Å². The molecule has 2 aromatic carbocycles. The van der Waals surface area contributed by atoms with Crippen LogP contribution in [0.15, 0.2) is 47.4 Å². The van der Waals surface area contributed by atoms with Gasteiger partial charge in [-0.25, -0.2) is 13.4 Å². The van der Waals surface area contributed by atoms with Gasteiger partial charge in [0.15, 0.2) is 5.13 Å². The summed E-state index contributed by atoms with van der Waals surface area (Å²) >= 11 is 1.38. The van der Waals surface area contributed by atoms with Crippen molar-refractivity contribution in [2.75, 3.05) is 25.0 Å². The van der Waals surface area contributed by atoms with Gasteiger partial charge in [-0.15, -0.1) is 0 Å². The Kier molecular flexibility index (Phi) is 6.27. The number of benzene rings is 2. The van der Waals surface area contributed by atoms with Gasteiger partial charge < -0.3 is 10.1 Å². The number of hydrogen-bond donors (Lipinski definition) is 1. The van der Waals surface area contributed by atoms with Gasteiger partial charge in [-0.05, 0) is 57.0 Å². The standard InChI is InChI=1S/C22H25N3O4S2/c1-3-29-17-8-11-19-20(13-17)30-22(23-19)24-21(26)16-5-4-12-25(14-16)31(27,28)18-9-6-15(2)7-10-18/h6-11,13,16H,3-5,12,14H2,1-2H3,(H,23,24,26). The number of piperidine rings is 1. The van der Waals surface area contributed by atoms with E-state index in [2.05, 4.69) is 10.3 Å². The number of ether oxygens (including phenoxy) is 1. The van der Waals surface area contributed by atoms with Crippen LogP contribution in [0.5, 0.6) is 5.75 Å². The average Bonchev–Trinajstić information content (AvgIpc) is 3.16. The maximum Gasteiger partial charge on any atom is 0.243 e. The lowest BCUT2D eigenvalue weighted by Crippen LogP contribution is -2.43. The normalized spacial score (nSPS) is 17.5. The van der Waals surface area contributed by atoms with Crippen LogP contribution in [0.3, 0.4) is 0 Å². The van der Waals surface area contributed by atoms with Gasteiger partial charge in [0.1, 0.15) is 5.75 Å². The van der Waals surface area contributed by atoms with Crippen LogP contribution in [0.4, 0.5) is 5.13 Å². The molecule has 1 aliphatic heterocycles. The van der Waals surface area contributed by atoms with Crippen molar-refractivity contribution in [3.05, 3.63) is 48.0 Å². The Morgan fingerprint density at radius 3 is 2.77 bits per heavy atom. The molecule has 2 heterocycles. The molecule has 1 aromatic heterocycles. The number of hydrogen-bond acceptors (Lipinski definition) is 6. The predicted molar refractivity (Wildman–Crippen MR) is 122 cm³/mol. The Balaban J connectivity index is 1.46. The summed E-state index contributed by atoms with van der Waals surface area (Å²) in [6, 6.07) is 12.4. The highest BCUT2D eigenvalue weighted by molar-refractivity contribution is 7.89. The number of nitrogens with one attached hydrogen (secondary N) is 1. The van der Waals surface area contributed by atoms with E-state index < -0.39 is 15.9 Å². The average molecular weight is 460 g/mol. The Morgan fingerprint density at radius 1 is 1.26 bits per heavy atom. The minimum Gasteiger partial charge on any atom is -0.494 e. The molecule has 1 atom stereocenters. The van der Waals surface area contributed by atoms with Crippen molar-refractivity contribution in [1.29, 1.82) is 0 Å². The number of aromatic nitrogens is 1. The number of carbonyl (C=O) groups excluding carboxylic acids is 1. The Labute approximate surface area is 186 Å². The first-order valence-corrected chi connectivity index (χ1v) is 12.5. The third-order valence-corrected chi connectivity index (χ3v) is 8.13. The van der Waals surface area contributed by atoms with E-state index in [4.69, 9.17) is 4.74 Å². The van der Waals surface area contributed by atoms with E-state index >= 15 is 0 Å². The third kappa shape index (κ3) is 4.73. The summed E-state index contributed by atoms with van der Waals surface area (Å²) in [5, 5.41) is 3.38. The molecule has 31 heavy (non-hydrogen) atoms. The molecule has 0 spiro atoms. The summed E-state index contributed by atoms with van der Waals surface area (Å²) in [5.74, 6) is 0.147. The van der Waals surface area contributed by atoms with Crippen molar-refractivity contribution in [2.45, 2.75) is 31.6 Å². The van der Waals surface area contributed by atoms with Crippen LogP contribution in [-0.4, -0.2) is 43.3 Å². The lowest BCUT2D eigenvalue weighted by Gasteiger charge is -2.31. The molecular weight excluding hydrogens is 434 g/mol. The molecule has 7 nitrogen and oxygen atoms in total. The number of anilines is 1. The zero-order valence-electron chi connectivity index (χ0n) is 17.5. The first-order chi connectivity index (χ1) is 14.9. The molecule has 164 valence electrons. The third-order valence-electron chi connectivity index (χ3n) is 5.31. The highest BCUT2D eigenvalue weighted by atomic mass is 32.2. The van der Waals surface area contributed by atoms with E-state index in [1.165, 1.54) is 15.6 Å². The predicted octanol–water partition coefficient (Wildman–Crippen LogP) is 4.04. The molecule has 1 aliphatic rings. The van der Waals surface area contributed by atoms with E-state index in [-0.39, 0.29) is 17.3 Å². The summed E-state index contributed by atoms with van der Waals surface area (Å²) in [4.78, 5) is 17.6. The van der Waals surface area contributed by atoms with Gasteiger partial charge >= 0.3 is 0 Å². The number of nitrogens with zero attached hydrogens (tertiary/aromatic N) is 2. The van der Waals surface area contributed by atoms with Crippen LogP contribution in [-0.2, 0) is 14.8 Å². The van der Waals surface area contributed by atoms with E-state index in [0.29, 0.717) is 31.1 Å². The summed E-state index contributed by atoms with van der Waals surface area (Å²) in [6.07, 6.45) is 1.28. The molecule has 1 unspecified atom stereocenters. The minimum atomic E-state index is -3.62. The highest BCUT2D eigenvalue weighted by Gasteiger charge is 2.33. The number of carbonyl (C=O) groups is 1. The molecule has 0 bridgehead atoms. The zero-order chi connectivity index (χ0) is 22.0. The number of amides is 1. The topological polar surface area (TPSA) is 88.6 Å². The lowest BCUT2D eigenvalue weighted by atomic mass is 9.99. The Bertz CT molecular complexity index is 1190. The fourth-order valence-corrected chi connectivity index (χ4v) is 6.08. The van der Waals surface area contributed by atoms with Crippen molar-refractivity contribution in [2.24, 2.45) is 5.92 Å². The van der Waals surface area contributed by atoms with Crippen LogP contribution in [0.1, 0.15) is 25.3 Å². The zero-order valence-corrected chi connectivity index (χ0v) is 19.1. The number of fused-ring (bicyclic) bond motifs is 1.